The monoisotopic (exact) mass is 198 g/mol. The first-order chi connectivity index (χ1) is 6.70. The summed E-state index contributed by atoms with van der Waals surface area (Å²) in [5.41, 5.74) is -0.420. The fraction of sp³-hybridized carbons (Fsp3) is 1.00. The largest absolute Gasteiger partial charge is 0.388 e. The van der Waals surface area contributed by atoms with Crippen molar-refractivity contribution in [3.05, 3.63) is 0 Å². The summed E-state index contributed by atoms with van der Waals surface area (Å²) in [6.45, 7) is 2.97. The molecule has 0 aliphatic carbocycles. The van der Waals surface area contributed by atoms with Crippen LogP contribution < -0.4 is 5.32 Å². The summed E-state index contributed by atoms with van der Waals surface area (Å²) in [7, 11) is 2.19. The lowest BCUT2D eigenvalue weighted by Gasteiger charge is -2.36. The number of likely N-dealkylation sites (tertiary alicyclic amines) is 1. The third kappa shape index (κ3) is 2.27. The van der Waals surface area contributed by atoms with E-state index in [-0.39, 0.29) is 0 Å². The first-order valence-electron chi connectivity index (χ1n) is 5.83. The van der Waals surface area contributed by atoms with Gasteiger partial charge in [-0.3, -0.25) is 0 Å². The molecule has 2 fully saturated rings. The van der Waals surface area contributed by atoms with Gasteiger partial charge in [-0.2, -0.15) is 0 Å². The lowest BCUT2D eigenvalue weighted by molar-refractivity contribution is 0.0151. The molecule has 0 aromatic heterocycles. The molecule has 0 saturated carbocycles. The number of piperidine rings is 1. The van der Waals surface area contributed by atoms with E-state index in [2.05, 4.69) is 17.3 Å². The zero-order valence-electron chi connectivity index (χ0n) is 9.13. The molecule has 3 heteroatoms. The highest BCUT2D eigenvalue weighted by Gasteiger charge is 2.35. The molecule has 2 heterocycles. The number of nitrogens with one attached hydrogen (secondary N) is 1. The van der Waals surface area contributed by atoms with Crippen LogP contribution in [-0.4, -0.2) is 48.3 Å². The lowest BCUT2D eigenvalue weighted by Crippen LogP contribution is -2.44. The molecule has 0 aromatic carbocycles. The van der Waals surface area contributed by atoms with Crippen LogP contribution in [0.25, 0.3) is 0 Å². The number of hydrogen-bond acceptors (Lipinski definition) is 3. The van der Waals surface area contributed by atoms with Crippen molar-refractivity contribution in [3.8, 4) is 0 Å². The minimum Gasteiger partial charge on any atom is -0.388 e. The second-order valence-corrected chi connectivity index (χ2v) is 4.99. The summed E-state index contributed by atoms with van der Waals surface area (Å²) in [5, 5.41) is 13.5. The van der Waals surface area contributed by atoms with Crippen LogP contribution in [0.2, 0.25) is 0 Å². The van der Waals surface area contributed by atoms with Crippen LogP contribution in [-0.2, 0) is 0 Å². The van der Waals surface area contributed by atoms with Gasteiger partial charge >= 0.3 is 0 Å². The van der Waals surface area contributed by atoms with Gasteiger partial charge in [-0.25, -0.2) is 0 Å². The fourth-order valence-electron chi connectivity index (χ4n) is 2.75. The van der Waals surface area contributed by atoms with E-state index in [4.69, 9.17) is 0 Å². The molecule has 2 aliphatic rings. The molecular formula is C11H22N2O. The fourth-order valence-corrected chi connectivity index (χ4v) is 2.75. The molecule has 2 rings (SSSR count). The maximum absolute atomic E-state index is 10.3. The number of hydrogen-bond donors (Lipinski definition) is 2. The van der Waals surface area contributed by atoms with Crippen molar-refractivity contribution in [2.45, 2.75) is 43.7 Å². The molecular weight excluding hydrogens is 176 g/mol. The molecule has 3 nitrogen and oxygen atoms in total. The van der Waals surface area contributed by atoms with Gasteiger partial charge in [-0.05, 0) is 45.8 Å². The van der Waals surface area contributed by atoms with Crippen LogP contribution in [0.15, 0.2) is 0 Å². The van der Waals surface area contributed by atoms with Crippen molar-refractivity contribution in [2.24, 2.45) is 0 Å². The van der Waals surface area contributed by atoms with Crippen molar-refractivity contribution >= 4 is 0 Å². The molecule has 2 saturated heterocycles. The lowest BCUT2D eigenvalue weighted by atomic mass is 9.89. The number of β-amino-alcohol motifs (C(OH)–C–C–N with tert-alkyl or cyclic N) is 1. The Labute approximate surface area is 86.5 Å². The highest BCUT2D eigenvalue weighted by Crippen LogP contribution is 2.27. The minimum atomic E-state index is -0.420. The van der Waals surface area contributed by atoms with Crippen LogP contribution in [0.1, 0.15) is 32.1 Å². The van der Waals surface area contributed by atoms with E-state index < -0.39 is 5.60 Å². The van der Waals surface area contributed by atoms with Gasteiger partial charge in [0.25, 0.3) is 0 Å². The normalized spacial score (nSPS) is 40.3. The SMILES string of the molecule is CN1CCCCC1CC1(O)CCNC1. The molecule has 2 atom stereocenters. The highest BCUT2D eigenvalue weighted by molar-refractivity contribution is 4.92. The number of rotatable bonds is 2. The summed E-state index contributed by atoms with van der Waals surface area (Å²) >= 11 is 0. The Balaban J connectivity index is 1.88. The van der Waals surface area contributed by atoms with Gasteiger partial charge in [-0.1, -0.05) is 6.42 Å². The van der Waals surface area contributed by atoms with E-state index in [1.165, 1.54) is 25.8 Å². The topological polar surface area (TPSA) is 35.5 Å². The van der Waals surface area contributed by atoms with Gasteiger partial charge < -0.3 is 15.3 Å². The maximum Gasteiger partial charge on any atom is 0.0798 e. The third-order valence-electron chi connectivity index (χ3n) is 3.76. The summed E-state index contributed by atoms with van der Waals surface area (Å²) in [6, 6.07) is 0.605. The van der Waals surface area contributed by atoms with Gasteiger partial charge in [-0.15, -0.1) is 0 Å². The van der Waals surface area contributed by atoms with Crippen molar-refractivity contribution in [3.63, 3.8) is 0 Å². The zero-order chi connectivity index (χ0) is 10.0. The molecule has 82 valence electrons. The van der Waals surface area contributed by atoms with Crippen LogP contribution in [0.4, 0.5) is 0 Å². The molecule has 2 aliphatic heterocycles. The standard InChI is InChI=1S/C11H22N2O/c1-13-7-3-2-4-10(13)8-11(14)5-6-12-9-11/h10,12,14H,2-9H2,1H3. The molecule has 0 aromatic rings. The average Bonchev–Trinajstić information content (AvgIpc) is 2.57. The van der Waals surface area contributed by atoms with E-state index >= 15 is 0 Å². The smallest absolute Gasteiger partial charge is 0.0798 e. The van der Waals surface area contributed by atoms with E-state index in [0.29, 0.717) is 6.04 Å². The van der Waals surface area contributed by atoms with Crippen LogP contribution in [0.5, 0.6) is 0 Å². The van der Waals surface area contributed by atoms with Crippen molar-refractivity contribution < 1.29 is 5.11 Å². The first-order valence-corrected chi connectivity index (χ1v) is 5.83. The molecule has 2 unspecified atom stereocenters. The Kier molecular flexibility index (Phi) is 3.10. The summed E-state index contributed by atoms with van der Waals surface area (Å²) in [5.74, 6) is 0. The minimum absolute atomic E-state index is 0.420. The van der Waals surface area contributed by atoms with Crippen LogP contribution in [0.3, 0.4) is 0 Å². The van der Waals surface area contributed by atoms with E-state index in [1.807, 2.05) is 0 Å². The van der Waals surface area contributed by atoms with Gasteiger partial charge in [0.1, 0.15) is 0 Å². The van der Waals surface area contributed by atoms with Crippen molar-refractivity contribution in [1.82, 2.24) is 10.2 Å². The van der Waals surface area contributed by atoms with Crippen molar-refractivity contribution in [2.75, 3.05) is 26.7 Å². The molecule has 0 amide bonds. The summed E-state index contributed by atoms with van der Waals surface area (Å²) < 4.78 is 0. The molecule has 14 heavy (non-hydrogen) atoms. The van der Waals surface area contributed by atoms with E-state index in [1.54, 1.807) is 0 Å². The highest BCUT2D eigenvalue weighted by atomic mass is 16.3. The Morgan fingerprint density at radius 1 is 1.50 bits per heavy atom. The van der Waals surface area contributed by atoms with Gasteiger partial charge in [0, 0.05) is 12.6 Å². The predicted molar refractivity (Wildman–Crippen MR) is 57.3 cm³/mol. The molecule has 0 bridgehead atoms. The molecule has 0 spiro atoms. The summed E-state index contributed by atoms with van der Waals surface area (Å²) in [4.78, 5) is 2.42. The van der Waals surface area contributed by atoms with Crippen LogP contribution in [0, 0.1) is 0 Å². The Hall–Kier alpha value is -0.120. The molecule has 0 radical (unpaired) electrons. The Morgan fingerprint density at radius 3 is 3.00 bits per heavy atom. The van der Waals surface area contributed by atoms with Gasteiger partial charge in [0.05, 0.1) is 5.60 Å². The average molecular weight is 198 g/mol. The van der Waals surface area contributed by atoms with Gasteiger partial charge in [0.15, 0.2) is 0 Å². The first kappa shape index (κ1) is 10.4. The van der Waals surface area contributed by atoms with E-state index in [0.717, 1.165) is 25.9 Å². The van der Waals surface area contributed by atoms with Gasteiger partial charge in [0.2, 0.25) is 0 Å². The predicted octanol–water partition coefficient (Wildman–Crippen LogP) is 0.585. The molecule has 2 N–H and O–H groups in total. The quantitative estimate of drug-likeness (QED) is 0.681. The second-order valence-electron chi connectivity index (χ2n) is 4.99. The second kappa shape index (κ2) is 4.17. The number of nitrogens with zero attached hydrogens (tertiary/aromatic N) is 1. The maximum atomic E-state index is 10.3. The Bertz CT molecular complexity index is 190. The third-order valence-corrected chi connectivity index (χ3v) is 3.76. The number of aliphatic hydroxyl groups is 1. The van der Waals surface area contributed by atoms with E-state index in [9.17, 15) is 5.11 Å². The summed E-state index contributed by atoms with van der Waals surface area (Å²) in [6.07, 6.45) is 5.80. The zero-order valence-corrected chi connectivity index (χ0v) is 9.13. The van der Waals surface area contributed by atoms with Crippen molar-refractivity contribution in [1.29, 1.82) is 0 Å². The Morgan fingerprint density at radius 2 is 2.36 bits per heavy atom. The van der Waals surface area contributed by atoms with Crippen LogP contribution >= 0.6 is 0 Å².